The fourth-order valence-corrected chi connectivity index (χ4v) is 3.38. The number of aromatic nitrogens is 2. The molecule has 0 fully saturated rings. The molecule has 1 aliphatic rings. The van der Waals surface area contributed by atoms with Gasteiger partial charge >= 0.3 is 6.61 Å². The molecule has 23 heavy (non-hydrogen) atoms. The van der Waals surface area contributed by atoms with Gasteiger partial charge in [-0.05, 0) is 53.5 Å². The monoisotopic (exact) mass is 386 g/mol. The first-order chi connectivity index (χ1) is 11.0. The van der Waals surface area contributed by atoms with Crippen LogP contribution in [0.4, 0.5) is 8.78 Å². The summed E-state index contributed by atoms with van der Waals surface area (Å²) in [7, 11) is 0. The number of ether oxygens (including phenoxy) is 2. The topological polar surface area (TPSA) is 36.3 Å². The highest BCUT2D eigenvalue weighted by atomic mass is 79.9. The maximum absolute atomic E-state index is 12.4. The largest absolute Gasteiger partial charge is 0.435 e. The first-order valence-corrected chi connectivity index (χ1v) is 8.17. The lowest BCUT2D eigenvalue weighted by Crippen LogP contribution is -2.15. The number of nitrogens with zero attached hydrogens (tertiary/aromatic N) is 2. The summed E-state index contributed by atoms with van der Waals surface area (Å²) < 4.78 is 37.9. The van der Waals surface area contributed by atoms with Gasteiger partial charge in [-0.1, -0.05) is 0 Å². The number of imidazole rings is 1. The summed E-state index contributed by atoms with van der Waals surface area (Å²) in [4.78, 5) is 4.61. The number of hydrogen-bond acceptors (Lipinski definition) is 3. The third-order valence-corrected chi connectivity index (χ3v) is 4.49. The van der Waals surface area contributed by atoms with E-state index in [2.05, 4.69) is 30.2 Å². The van der Waals surface area contributed by atoms with E-state index in [0.717, 1.165) is 28.1 Å². The average Bonchev–Trinajstić information content (AvgIpc) is 2.67. The molecule has 2 aromatic rings. The van der Waals surface area contributed by atoms with Gasteiger partial charge in [0.15, 0.2) is 0 Å². The van der Waals surface area contributed by atoms with Crippen LogP contribution in [0.2, 0.25) is 0 Å². The van der Waals surface area contributed by atoms with Crippen LogP contribution in [-0.4, -0.2) is 28.9 Å². The van der Waals surface area contributed by atoms with E-state index in [-0.39, 0.29) is 11.9 Å². The molecule has 0 saturated carbocycles. The highest BCUT2D eigenvalue weighted by molar-refractivity contribution is 9.10. The van der Waals surface area contributed by atoms with Gasteiger partial charge < -0.3 is 14.0 Å². The molecule has 2 heterocycles. The summed E-state index contributed by atoms with van der Waals surface area (Å²) in [6.07, 6.45) is 0.877. The van der Waals surface area contributed by atoms with E-state index in [1.165, 1.54) is 0 Å². The summed E-state index contributed by atoms with van der Waals surface area (Å²) in [5.74, 6) is 0.984. The number of halogens is 3. The Labute approximate surface area is 141 Å². The molecule has 0 radical (unpaired) electrons. The Morgan fingerprint density at radius 2 is 2.22 bits per heavy atom. The maximum atomic E-state index is 12.4. The van der Waals surface area contributed by atoms with Crippen LogP contribution in [0.25, 0.3) is 11.4 Å². The van der Waals surface area contributed by atoms with Crippen LogP contribution in [0.1, 0.15) is 18.2 Å². The number of benzene rings is 1. The minimum Gasteiger partial charge on any atom is -0.435 e. The van der Waals surface area contributed by atoms with Crippen LogP contribution in [0.3, 0.4) is 0 Å². The molecule has 7 heteroatoms. The molecule has 4 nitrogen and oxygen atoms in total. The van der Waals surface area contributed by atoms with Gasteiger partial charge in [0, 0.05) is 12.0 Å². The third-order valence-electron chi connectivity index (χ3n) is 3.85. The Morgan fingerprint density at radius 1 is 1.43 bits per heavy atom. The van der Waals surface area contributed by atoms with Crippen molar-refractivity contribution in [2.75, 3.05) is 6.61 Å². The van der Waals surface area contributed by atoms with E-state index in [1.54, 1.807) is 19.1 Å². The Morgan fingerprint density at radius 3 is 2.91 bits per heavy atom. The molecule has 1 atom stereocenters. The van der Waals surface area contributed by atoms with Crippen molar-refractivity contribution < 1.29 is 18.3 Å². The molecule has 0 bridgehead atoms. The number of hydrogen-bond donors (Lipinski definition) is 0. The Bertz CT molecular complexity index is 718. The van der Waals surface area contributed by atoms with E-state index >= 15 is 0 Å². The standard InChI is InChI=1S/C16H17BrF2N2O2/c1-9-7-11(3-4-13(9)23-16(18)19)15-20-14(17)12-5-6-22-10(2)8-21(12)15/h3-4,7,10,16H,5-6,8H2,1-2H3/t10-/m1/s1. The highest BCUT2D eigenvalue weighted by Crippen LogP contribution is 2.31. The normalized spacial score (nSPS) is 17.9. The van der Waals surface area contributed by atoms with Crippen LogP contribution in [0.15, 0.2) is 22.8 Å². The molecule has 0 spiro atoms. The summed E-state index contributed by atoms with van der Waals surface area (Å²) in [6, 6.07) is 5.13. The van der Waals surface area contributed by atoms with Crippen LogP contribution in [-0.2, 0) is 17.7 Å². The minimum absolute atomic E-state index is 0.0960. The second kappa shape index (κ2) is 6.57. The molecule has 1 aromatic carbocycles. The number of aryl methyl sites for hydroxylation is 1. The van der Waals surface area contributed by atoms with Gasteiger partial charge in [-0.3, -0.25) is 0 Å². The predicted molar refractivity (Wildman–Crippen MR) is 85.9 cm³/mol. The van der Waals surface area contributed by atoms with Crippen molar-refractivity contribution in [3.63, 3.8) is 0 Å². The van der Waals surface area contributed by atoms with Gasteiger partial charge in [0.25, 0.3) is 0 Å². The van der Waals surface area contributed by atoms with Crippen LogP contribution < -0.4 is 4.74 Å². The zero-order chi connectivity index (χ0) is 16.6. The molecular weight excluding hydrogens is 370 g/mol. The number of alkyl halides is 2. The SMILES string of the molecule is Cc1cc(-c2nc(Br)c3n2C[C@@H](C)OCC3)ccc1OC(F)F. The second-order valence-corrected chi connectivity index (χ2v) is 6.32. The van der Waals surface area contributed by atoms with Gasteiger partial charge in [-0.15, -0.1) is 0 Å². The molecule has 1 aromatic heterocycles. The minimum atomic E-state index is -2.82. The van der Waals surface area contributed by atoms with E-state index in [0.29, 0.717) is 18.7 Å². The molecule has 1 aliphatic heterocycles. The maximum Gasteiger partial charge on any atom is 0.387 e. The Hall–Kier alpha value is -1.47. The Kier molecular flexibility index (Phi) is 4.68. The van der Waals surface area contributed by atoms with E-state index in [4.69, 9.17) is 4.74 Å². The van der Waals surface area contributed by atoms with Crippen molar-refractivity contribution in [2.45, 2.75) is 39.5 Å². The number of rotatable bonds is 3. The first kappa shape index (κ1) is 16.4. The van der Waals surface area contributed by atoms with Crippen molar-refractivity contribution in [1.82, 2.24) is 9.55 Å². The lowest BCUT2D eigenvalue weighted by Gasteiger charge is -2.14. The van der Waals surface area contributed by atoms with Crippen molar-refractivity contribution in [1.29, 1.82) is 0 Å². The molecule has 0 unspecified atom stereocenters. The molecule has 3 rings (SSSR count). The van der Waals surface area contributed by atoms with E-state index in [1.807, 2.05) is 13.0 Å². The molecular formula is C16H17BrF2N2O2. The van der Waals surface area contributed by atoms with Crippen molar-refractivity contribution in [3.05, 3.63) is 34.1 Å². The van der Waals surface area contributed by atoms with Gasteiger partial charge in [0.2, 0.25) is 0 Å². The fourth-order valence-electron chi connectivity index (χ4n) is 2.80. The van der Waals surface area contributed by atoms with Gasteiger partial charge in [-0.2, -0.15) is 8.78 Å². The van der Waals surface area contributed by atoms with E-state index < -0.39 is 6.61 Å². The van der Waals surface area contributed by atoms with E-state index in [9.17, 15) is 8.78 Å². The highest BCUT2D eigenvalue weighted by Gasteiger charge is 2.22. The van der Waals surface area contributed by atoms with Gasteiger partial charge in [-0.25, -0.2) is 4.98 Å². The fraction of sp³-hybridized carbons (Fsp3) is 0.438. The number of fused-ring (bicyclic) bond motifs is 1. The lowest BCUT2D eigenvalue weighted by molar-refractivity contribution is -0.0502. The van der Waals surface area contributed by atoms with Crippen molar-refractivity contribution in [2.24, 2.45) is 0 Å². The van der Waals surface area contributed by atoms with Crippen LogP contribution in [0.5, 0.6) is 5.75 Å². The quantitative estimate of drug-likeness (QED) is 0.793. The molecule has 124 valence electrons. The zero-order valence-electron chi connectivity index (χ0n) is 12.9. The summed E-state index contributed by atoms with van der Waals surface area (Å²) in [5.41, 5.74) is 2.61. The van der Waals surface area contributed by atoms with Crippen molar-refractivity contribution >= 4 is 15.9 Å². The lowest BCUT2D eigenvalue weighted by atomic mass is 10.1. The summed E-state index contributed by atoms with van der Waals surface area (Å²) in [5, 5.41) is 0. The first-order valence-electron chi connectivity index (χ1n) is 7.38. The smallest absolute Gasteiger partial charge is 0.387 e. The molecule has 0 aliphatic carbocycles. The van der Waals surface area contributed by atoms with Crippen LogP contribution in [0, 0.1) is 6.92 Å². The Balaban J connectivity index is 2.01. The van der Waals surface area contributed by atoms with Gasteiger partial charge in [0.1, 0.15) is 16.2 Å². The third kappa shape index (κ3) is 3.40. The van der Waals surface area contributed by atoms with Gasteiger partial charge in [0.05, 0.1) is 24.9 Å². The summed E-state index contributed by atoms with van der Waals surface area (Å²) >= 11 is 3.51. The molecule has 0 N–H and O–H groups in total. The average molecular weight is 387 g/mol. The zero-order valence-corrected chi connectivity index (χ0v) is 14.4. The van der Waals surface area contributed by atoms with Crippen LogP contribution >= 0.6 is 15.9 Å². The second-order valence-electron chi connectivity index (χ2n) is 5.57. The molecule has 0 saturated heterocycles. The van der Waals surface area contributed by atoms with Crippen molar-refractivity contribution in [3.8, 4) is 17.1 Å². The molecule has 0 amide bonds. The summed E-state index contributed by atoms with van der Waals surface area (Å²) in [6.45, 7) is 2.31. The predicted octanol–water partition coefficient (Wildman–Crippen LogP) is 4.18.